The van der Waals surface area contributed by atoms with E-state index in [0.717, 1.165) is 0 Å². The third-order valence-electron chi connectivity index (χ3n) is 0.511. The Hall–Kier alpha value is -1.21. The summed E-state index contributed by atoms with van der Waals surface area (Å²) >= 11 is 0. The van der Waals surface area contributed by atoms with E-state index in [9.17, 15) is 4.79 Å². The van der Waals surface area contributed by atoms with Crippen LogP contribution in [-0.2, 0) is 4.74 Å². The Labute approximate surface area is 52.8 Å². The van der Waals surface area contributed by atoms with Gasteiger partial charge < -0.3 is 9.84 Å². The number of hydrogen-bond donors (Lipinski definition) is 2. The summed E-state index contributed by atoms with van der Waals surface area (Å²) in [5, 5.41) is 9.95. The minimum atomic E-state index is -1.12. The Bertz CT molecular complexity index is 127. The minimum Gasteiger partial charge on any atom is -0.465 e. The van der Waals surface area contributed by atoms with Gasteiger partial charge in [0.1, 0.15) is 13.3 Å². The van der Waals surface area contributed by atoms with Crippen molar-refractivity contribution in [3.63, 3.8) is 0 Å². The number of carbonyl (C=O) groups is 1. The van der Waals surface area contributed by atoms with Gasteiger partial charge in [0.15, 0.2) is 0 Å². The molecule has 0 rings (SSSR count). The van der Waals surface area contributed by atoms with E-state index in [0.29, 0.717) is 0 Å². The lowest BCUT2D eigenvalue weighted by Gasteiger charge is -1.97. The molecule has 0 aliphatic rings. The van der Waals surface area contributed by atoms with Crippen LogP contribution in [0.5, 0.6) is 0 Å². The molecule has 0 bridgehead atoms. The van der Waals surface area contributed by atoms with Crippen LogP contribution < -0.4 is 5.32 Å². The second-order valence-electron chi connectivity index (χ2n) is 1.18. The molecule has 0 saturated heterocycles. The highest BCUT2D eigenvalue weighted by Crippen LogP contribution is 1.67. The van der Waals surface area contributed by atoms with Gasteiger partial charge in [-0.15, -0.1) is 6.42 Å². The Morgan fingerprint density at radius 2 is 2.56 bits per heavy atom. The van der Waals surface area contributed by atoms with Gasteiger partial charge in [0.25, 0.3) is 0 Å². The SMILES string of the molecule is C#CCOCNC(=O)O. The summed E-state index contributed by atoms with van der Waals surface area (Å²) in [4.78, 5) is 9.72. The molecule has 0 aromatic carbocycles. The van der Waals surface area contributed by atoms with Crippen LogP contribution >= 0.6 is 0 Å². The lowest BCUT2D eigenvalue weighted by molar-refractivity contribution is 0.132. The Morgan fingerprint density at radius 3 is 3.00 bits per heavy atom. The van der Waals surface area contributed by atoms with Crippen molar-refractivity contribution in [1.82, 2.24) is 5.32 Å². The van der Waals surface area contributed by atoms with Crippen molar-refractivity contribution in [3.8, 4) is 12.3 Å². The molecule has 0 unspecified atom stereocenters. The van der Waals surface area contributed by atoms with Gasteiger partial charge in [0.2, 0.25) is 0 Å². The molecule has 0 atom stereocenters. The number of nitrogens with one attached hydrogen (secondary N) is 1. The first kappa shape index (κ1) is 7.79. The first-order valence-electron chi connectivity index (χ1n) is 2.25. The second-order valence-corrected chi connectivity index (χ2v) is 1.18. The molecular formula is C5H7NO3. The minimum absolute atomic E-state index is 0.0560. The predicted octanol–water partition coefficient (Wildman–Crippen LogP) is -0.139. The molecule has 0 fully saturated rings. The molecule has 9 heavy (non-hydrogen) atoms. The predicted molar refractivity (Wildman–Crippen MR) is 30.8 cm³/mol. The molecule has 0 aliphatic heterocycles. The molecule has 0 heterocycles. The van der Waals surface area contributed by atoms with Crippen LogP contribution in [0.3, 0.4) is 0 Å². The summed E-state index contributed by atoms with van der Waals surface area (Å²) in [5.41, 5.74) is 0. The number of amides is 1. The van der Waals surface area contributed by atoms with E-state index in [2.05, 4.69) is 10.7 Å². The molecule has 0 spiro atoms. The fraction of sp³-hybridized carbons (Fsp3) is 0.400. The van der Waals surface area contributed by atoms with Gasteiger partial charge in [-0.25, -0.2) is 4.79 Å². The van der Waals surface area contributed by atoms with Crippen LogP contribution in [0, 0.1) is 12.3 Å². The molecule has 0 radical (unpaired) electrons. The Morgan fingerprint density at radius 1 is 1.89 bits per heavy atom. The topological polar surface area (TPSA) is 58.6 Å². The van der Waals surface area contributed by atoms with Crippen molar-refractivity contribution in [2.24, 2.45) is 0 Å². The molecule has 0 aromatic heterocycles. The third kappa shape index (κ3) is 6.79. The van der Waals surface area contributed by atoms with Crippen molar-refractivity contribution in [2.45, 2.75) is 0 Å². The first-order chi connectivity index (χ1) is 4.27. The molecule has 0 saturated carbocycles. The highest BCUT2D eigenvalue weighted by molar-refractivity contribution is 5.64. The zero-order valence-electron chi connectivity index (χ0n) is 4.76. The largest absolute Gasteiger partial charge is 0.465 e. The van der Waals surface area contributed by atoms with E-state index < -0.39 is 6.09 Å². The van der Waals surface area contributed by atoms with Crippen molar-refractivity contribution < 1.29 is 14.6 Å². The van der Waals surface area contributed by atoms with E-state index in [1.54, 1.807) is 0 Å². The molecule has 4 heteroatoms. The quantitative estimate of drug-likeness (QED) is 0.317. The number of carboxylic acid groups (broad SMARTS) is 1. The smallest absolute Gasteiger partial charge is 0.406 e. The maximum atomic E-state index is 9.72. The highest BCUT2D eigenvalue weighted by atomic mass is 16.5. The van der Waals surface area contributed by atoms with E-state index >= 15 is 0 Å². The average Bonchev–Trinajstić information content (AvgIpc) is 1.80. The fourth-order valence-electron chi connectivity index (χ4n) is 0.223. The van der Waals surface area contributed by atoms with E-state index in [-0.39, 0.29) is 13.3 Å². The van der Waals surface area contributed by atoms with Gasteiger partial charge in [0, 0.05) is 0 Å². The lowest BCUT2D eigenvalue weighted by atomic mass is 10.8. The second kappa shape index (κ2) is 4.94. The van der Waals surface area contributed by atoms with Crippen molar-refractivity contribution in [3.05, 3.63) is 0 Å². The molecule has 1 amide bonds. The molecule has 0 aromatic rings. The number of rotatable bonds is 3. The Kier molecular flexibility index (Phi) is 4.27. The molecule has 50 valence electrons. The molecule has 0 aliphatic carbocycles. The fourth-order valence-corrected chi connectivity index (χ4v) is 0.223. The van der Waals surface area contributed by atoms with Gasteiger partial charge >= 0.3 is 6.09 Å². The number of ether oxygens (including phenoxy) is 1. The maximum Gasteiger partial charge on any atom is 0.406 e. The maximum absolute atomic E-state index is 9.72. The van der Waals surface area contributed by atoms with E-state index in [1.165, 1.54) is 0 Å². The average molecular weight is 129 g/mol. The van der Waals surface area contributed by atoms with Gasteiger partial charge in [-0.1, -0.05) is 5.92 Å². The van der Waals surface area contributed by atoms with Crippen LogP contribution in [0.2, 0.25) is 0 Å². The summed E-state index contributed by atoms with van der Waals surface area (Å²) in [7, 11) is 0. The van der Waals surface area contributed by atoms with Crippen molar-refractivity contribution >= 4 is 6.09 Å². The van der Waals surface area contributed by atoms with Gasteiger partial charge in [-0.2, -0.15) is 0 Å². The van der Waals surface area contributed by atoms with Gasteiger partial charge in [0.05, 0.1) is 0 Å². The van der Waals surface area contributed by atoms with Crippen LogP contribution in [-0.4, -0.2) is 24.5 Å². The van der Waals surface area contributed by atoms with Gasteiger partial charge in [-0.3, -0.25) is 5.32 Å². The first-order valence-corrected chi connectivity index (χ1v) is 2.25. The lowest BCUT2D eigenvalue weighted by Crippen LogP contribution is -2.23. The highest BCUT2D eigenvalue weighted by Gasteiger charge is 1.89. The van der Waals surface area contributed by atoms with E-state index in [4.69, 9.17) is 11.5 Å². The standard InChI is InChI=1S/C5H7NO3/c1-2-3-9-4-6-5(7)8/h1,6H,3-4H2,(H,7,8). The van der Waals surface area contributed by atoms with Crippen LogP contribution in [0.1, 0.15) is 0 Å². The van der Waals surface area contributed by atoms with Crippen molar-refractivity contribution in [1.29, 1.82) is 0 Å². The summed E-state index contributed by atoms with van der Waals surface area (Å²) in [5.74, 6) is 2.19. The summed E-state index contributed by atoms with van der Waals surface area (Å²) in [6.07, 6.45) is 3.68. The normalized spacial score (nSPS) is 7.89. The summed E-state index contributed by atoms with van der Waals surface area (Å²) in [6.45, 7) is 0.0693. The van der Waals surface area contributed by atoms with Crippen molar-refractivity contribution in [2.75, 3.05) is 13.3 Å². The Balaban J connectivity index is 2.94. The summed E-state index contributed by atoms with van der Waals surface area (Å²) < 4.78 is 4.57. The number of hydrogen-bond acceptors (Lipinski definition) is 2. The number of terminal acetylenes is 1. The monoisotopic (exact) mass is 129 g/mol. The molecule has 2 N–H and O–H groups in total. The molecule has 4 nitrogen and oxygen atoms in total. The van der Waals surface area contributed by atoms with Gasteiger partial charge in [-0.05, 0) is 0 Å². The van der Waals surface area contributed by atoms with Crippen LogP contribution in [0.15, 0.2) is 0 Å². The zero-order chi connectivity index (χ0) is 7.11. The zero-order valence-corrected chi connectivity index (χ0v) is 4.76. The molecular weight excluding hydrogens is 122 g/mol. The van der Waals surface area contributed by atoms with Crippen LogP contribution in [0.4, 0.5) is 4.79 Å². The third-order valence-corrected chi connectivity index (χ3v) is 0.511. The van der Waals surface area contributed by atoms with E-state index in [1.807, 2.05) is 5.32 Å². The van der Waals surface area contributed by atoms with Crippen LogP contribution in [0.25, 0.3) is 0 Å². The summed E-state index contributed by atoms with van der Waals surface area (Å²) in [6, 6.07) is 0.